The van der Waals surface area contributed by atoms with Gasteiger partial charge < -0.3 is 0 Å². The summed E-state index contributed by atoms with van der Waals surface area (Å²) in [6.45, 7) is 0. The molecule has 2 bridgehead atoms. The lowest BCUT2D eigenvalue weighted by atomic mass is 9.82. The van der Waals surface area contributed by atoms with Gasteiger partial charge in [0.05, 0.1) is 0 Å². The fraction of sp³-hybridized carbons (Fsp3) is 1.00. The molecular weight excluding hydrogens is 217 g/mol. The van der Waals surface area contributed by atoms with Crippen molar-refractivity contribution in [3.8, 4) is 0 Å². The number of alkyl halides is 3. The second-order valence-corrected chi connectivity index (χ2v) is 5.27. The molecule has 0 heterocycles. The van der Waals surface area contributed by atoms with Gasteiger partial charge in [-0.3, -0.25) is 11.3 Å². The Labute approximate surface area is 93.7 Å². The van der Waals surface area contributed by atoms with Gasteiger partial charge in [0.1, 0.15) is 0 Å². The van der Waals surface area contributed by atoms with E-state index in [9.17, 15) is 13.2 Å². The molecular formula is C11H19F3N2. The number of nitrogens with two attached hydrogens (primary N) is 1. The first-order valence-electron chi connectivity index (χ1n) is 6.02. The number of nitrogens with one attached hydrogen (secondary N) is 1. The zero-order valence-corrected chi connectivity index (χ0v) is 9.26. The predicted molar refractivity (Wildman–Crippen MR) is 55.3 cm³/mol. The van der Waals surface area contributed by atoms with Crippen molar-refractivity contribution in [2.24, 2.45) is 23.6 Å². The molecule has 0 radical (unpaired) electrons. The Bertz CT molecular complexity index is 242. The zero-order valence-electron chi connectivity index (χ0n) is 9.26. The molecule has 0 amide bonds. The van der Waals surface area contributed by atoms with Crippen LogP contribution in [0.1, 0.15) is 38.5 Å². The number of hydrazine groups is 1. The average Bonchev–Trinajstić information content (AvgIpc) is 2.78. The second kappa shape index (κ2) is 4.53. The van der Waals surface area contributed by atoms with E-state index in [0.29, 0.717) is 11.8 Å². The lowest BCUT2D eigenvalue weighted by molar-refractivity contribution is -0.137. The lowest BCUT2D eigenvalue weighted by Crippen LogP contribution is -2.43. The highest BCUT2D eigenvalue weighted by Gasteiger charge is 2.43. The zero-order chi connectivity index (χ0) is 11.8. The first-order valence-corrected chi connectivity index (χ1v) is 6.02. The maximum absolute atomic E-state index is 12.2. The molecule has 0 aromatic heterocycles. The van der Waals surface area contributed by atoms with Crippen molar-refractivity contribution in [3.05, 3.63) is 0 Å². The van der Waals surface area contributed by atoms with E-state index >= 15 is 0 Å². The summed E-state index contributed by atoms with van der Waals surface area (Å²) in [7, 11) is 0. The van der Waals surface area contributed by atoms with Gasteiger partial charge >= 0.3 is 6.18 Å². The van der Waals surface area contributed by atoms with Crippen LogP contribution < -0.4 is 11.3 Å². The first kappa shape index (κ1) is 12.2. The molecule has 2 fully saturated rings. The molecule has 2 rings (SSSR count). The Balaban J connectivity index is 1.86. The Morgan fingerprint density at radius 3 is 2.44 bits per heavy atom. The number of hydrogen-bond acceptors (Lipinski definition) is 2. The smallest absolute Gasteiger partial charge is 0.271 e. The molecule has 4 unspecified atom stereocenters. The Kier molecular flexibility index (Phi) is 3.45. The molecule has 0 aromatic carbocycles. The van der Waals surface area contributed by atoms with E-state index in [4.69, 9.17) is 5.84 Å². The number of fused-ring (bicyclic) bond motifs is 2. The van der Waals surface area contributed by atoms with E-state index < -0.39 is 12.6 Å². The van der Waals surface area contributed by atoms with Gasteiger partial charge in [-0.2, -0.15) is 13.2 Å². The summed E-state index contributed by atoms with van der Waals surface area (Å²) < 4.78 is 36.5. The van der Waals surface area contributed by atoms with Gasteiger partial charge in [0.2, 0.25) is 0 Å². The number of rotatable bonds is 4. The maximum atomic E-state index is 12.2. The largest absolute Gasteiger partial charge is 0.389 e. The highest BCUT2D eigenvalue weighted by atomic mass is 19.4. The normalized spacial score (nSPS) is 35.6. The van der Waals surface area contributed by atoms with Crippen LogP contribution in [-0.2, 0) is 0 Å². The van der Waals surface area contributed by atoms with Crippen LogP contribution in [0.15, 0.2) is 0 Å². The van der Waals surface area contributed by atoms with Crippen molar-refractivity contribution < 1.29 is 13.2 Å². The van der Waals surface area contributed by atoms with Gasteiger partial charge in [0.25, 0.3) is 0 Å². The fourth-order valence-corrected chi connectivity index (χ4v) is 3.53. The topological polar surface area (TPSA) is 38.0 Å². The van der Waals surface area contributed by atoms with Crippen LogP contribution in [0.3, 0.4) is 0 Å². The van der Waals surface area contributed by atoms with E-state index in [-0.39, 0.29) is 12.5 Å². The van der Waals surface area contributed by atoms with Crippen LogP contribution in [0.2, 0.25) is 0 Å². The van der Waals surface area contributed by atoms with Gasteiger partial charge in [0, 0.05) is 12.5 Å². The third-order valence-electron chi connectivity index (χ3n) is 4.26. The molecule has 0 aromatic rings. The van der Waals surface area contributed by atoms with E-state index in [1.807, 2.05) is 0 Å². The van der Waals surface area contributed by atoms with Gasteiger partial charge in [-0.15, -0.1) is 0 Å². The van der Waals surface area contributed by atoms with E-state index in [1.54, 1.807) is 0 Å². The minimum absolute atomic E-state index is 0.119. The fourth-order valence-electron chi connectivity index (χ4n) is 3.53. The molecule has 3 N–H and O–H groups in total. The van der Waals surface area contributed by atoms with E-state index in [0.717, 1.165) is 12.3 Å². The van der Waals surface area contributed by atoms with Crippen molar-refractivity contribution in [1.82, 2.24) is 5.43 Å². The van der Waals surface area contributed by atoms with Crippen molar-refractivity contribution in [1.29, 1.82) is 0 Å². The Morgan fingerprint density at radius 1 is 1.25 bits per heavy atom. The predicted octanol–water partition coefficient (Wildman–Crippen LogP) is 2.60. The Morgan fingerprint density at radius 2 is 2.00 bits per heavy atom. The van der Waals surface area contributed by atoms with Crippen molar-refractivity contribution >= 4 is 0 Å². The summed E-state index contributed by atoms with van der Waals surface area (Å²) in [6.07, 6.45) is 0.0415. The molecule has 2 nitrogen and oxygen atoms in total. The van der Waals surface area contributed by atoms with Gasteiger partial charge in [-0.25, -0.2) is 0 Å². The second-order valence-electron chi connectivity index (χ2n) is 5.27. The molecule has 0 aliphatic heterocycles. The maximum Gasteiger partial charge on any atom is 0.389 e. The van der Waals surface area contributed by atoms with Gasteiger partial charge in [0.15, 0.2) is 0 Å². The molecule has 2 aliphatic carbocycles. The van der Waals surface area contributed by atoms with Crippen molar-refractivity contribution in [2.45, 2.75) is 50.7 Å². The van der Waals surface area contributed by atoms with Crippen molar-refractivity contribution in [2.75, 3.05) is 0 Å². The monoisotopic (exact) mass is 236 g/mol. The molecule has 94 valence electrons. The quantitative estimate of drug-likeness (QED) is 0.581. The standard InChI is InChI=1S/C11H19F3N2/c12-11(13,14)4-3-10(16-15)9-6-7-1-2-8(9)5-7/h7-10,16H,1-6,15H2. The summed E-state index contributed by atoms with van der Waals surface area (Å²) in [6, 6.07) is -0.156. The minimum Gasteiger partial charge on any atom is -0.271 e. The van der Waals surface area contributed by atoms with Crippen LogP contribution in [-0.4, -0.2) is 12.2 Å². The summed E-state index contributed by atoms with van der Waals surface area (Å²) in [5.41, 5.74) is 2.60. The molecule has 0 spiro atoms. The van der Waals surface area contributed by atoms with Crippen molar-refractivity contribution in [3.63, 3.8) is 0 Å². The third kappa shape index (κ3) is 2.69. The molecule has 5 heteroatoms. The van der Waals surface area contributed by atoms with Crippen LogP contribution in [0.4, 0.5) is 13.2 Å². The molecule has 2 saturated carbocycles. The minimum atomic E-state index is -4.06. The number of halogens is 3. The molecule has 16 heavy (non-hydrogen) atoms. The highest BCUT2D eigenvalue weighted by Crippen LogP contribution is 2.50. The van der Waals surface area contributed by atoms with E-state index in [2.05, 4.69) is 5.43 Å². The van der Waals surface area contributed by atoms with Gasteiger partial charge in [-0.05, 0) is 43.4 Å². The summed E-state index contributed by atoms with van der Waals surface area (Å²) in [4.78, 5) is 0. The van der Waals surface area contributed by atoms with Gasteiger partial charge in [-0.1, -0.05) is 6.42 Å². The molecule has 2 aliphatic rings. The summed E-state index contributed by atoms with van der Waals surface area (Å²) >= 11 is 0. The SMILES string of the molecule is NNC(CCC(F)(F)F)C1CC2CCC1C2. The van der Waals surface area contributed by atoms with Crippen LogP contribution in [0, 0.1) is 17.8 Å². The van der Waals surface area contributed by atoms with Crippen LogP contribution in [0.5, 0.6) is 0 Å². The summed E-state index contributed by atoms with van der Waals surface area (Å²) in [5, 5.41) is 0. The van der Waals surface area contributed by atoms with E-state index in [1.165, 1.54) is 19.3 Å². The number of hydrogen-bond donors (Lipinski definition) is 2. The van der Waals surface area contributed by atoms with Crippen LogP contribution in [0.25, 0.3) is 0 Å². The lowest BCUT2D eigenvalue weighted by Gasteiger charge is -2.30. The average molecular weight is 236 g/mol. The molecule has 0 saturated heterocycles. The highest BCUT2D eigenvalue weighted by molar-refractivity contribution is 4.94. The summed E-state index contributed by atoms with van der Waals surface area (Å²) in [5.74, 6) is 7.12. The third-order valence-corrected chi connectivity index (χ3v) is 4.26. The first-order chi connectivity index (χ1) is 7.49. The molecule has 4 atom stereocenters. The Hall–Kier alpha value is -0.290. The van der Waals surface area contributed by atoms with Crippen LogP contribution >= 0.6 is 0 Å².